The van der Waals surface area contributed by atoms with Crippen LogP contribution >= 0.6 is 0 Å². The van der Waals surface area contributed by atoms with E-state index >= 15 is 0 Å². The molecule has 0 aliphatic rings. The molecular formula is C15H29N3O. The molecule has 110 valence electrons. The van der Waals surface area contributed by atoms with Gasteiger partial charge in [-0.2, -0.15) is 5.10 Å². The molecule has 0 aliphatic carbocycles. The second kappa shape index (κ2) is 7.65. The van der Waals surface area contributed by atoms with Gasteiger partial charge in [0.05, 0.1) is 11.7 Å². The molecule has 0 aliphatic heterocycles. The molecule has 0 spiro atoms. The molecule has 19 heavy (non-hydrogen) atoms. The second-order valence-electron chi connectivity index (χ2n) is 5.10. The van der Waals surface area contributed by atoms with Crippen molar-refractivity contribution in [3.63, 3.8) is 0 Å². The second-order valence-corrected chi connectivity index (χ2v) is 5.10. The molecule has 2 atom stereocenters. The van der Waals surface area contributed by atoms with Crippen LogP contribution in [-0.4, -0.2) is 23.5 Å². The summed E-state index contributed by atoms with van der Waals surface area (Å²) in [5.41, 5.74) is 10.0. The summed E-state index contributed by atoms with van der Waals surface area (Å²) >= 11 is 0. The van der Waals surface area contributed by atoms with Crippen LogP contribution in [0, 0.1) is 0 Å². The van der Waals surface area contributed by atoms with Gasteiger partial charge in [-0.15, -0.1) is 0 Å². The third-order valence-corrected chi connectivity index (χ3v) is 3.76. The summed E-state index contributed by atoms with van der Waals surface area (Å²) in [6, 6.07) is 0.464. The molecule has 0 aromatic carbocycles. The maximum Gasteiger partial charge on any atom is 0.0672 e. The zero-order valence-corrected chi connectivity index (χ0v) is 13.1. The standard InChI is InChI=1S/C15H29N3O/c1-6-12(16)15-13(7-2)17-18(14(15)8-3)11(4)9-10-19-5/h11-12H,6-10,16H2,1-5H3. The smallest absolute Gasteiger partial charge is 0.0672 e. The van der Waals surface area contributed by atoms with E-state index in [-0.39, 0.29) is 6.04 Å². The molecule has 0 saturated heterocycles. The average molecular weight is 267 g/mol. The molecule has 0 saturated carbocycles. The Morgan fingerprint density at radius 3 is 2.42 bits per heavy atom. The fourth-order valence-electron chi connectivity index (χ4n) is 2.56. The molecule has 1 aromatic rings. The number of methoxy groups -OCH3 is 1. The average Bonchev–Trinajstić information content (AvgIpc) is 2.82. The van der Waals surface area contributed by atoms with Crippen molar-refractivity contribution in [3.05, 3.63) is 17.0 Å². The molecule has 0 amide bonds. The van der Waals surface area contributed by atoms with Gasteiger partial charge in [-0.05, 0) is 32.6 Å². The van der Waals surface area contributed by atoms with Gasteiger partial charge in [-0.25, -0.2) is 0 Å². The van der Waals surface area contributed by atoms with Crippen molar-refractivity contribution in [2.45, 2.75) is 65.5 Å². The highest BCUT2D eigenvalue weighted by molar-refractivity contribution is 5.30. The highest BCUT2D eigenvalue weighted by atomic mass is 16.5. The molecule has 4 nitrogen and oxygen atoms in total. The Kier molecular flexibility index (Phi) is 6.52. The van der Waals surface area contributed by atoms with Crippen molar-refractivity contribution in [2.24, 2.45) is 5.73 Å². The molecule has 2 unspecified atom stereocenters. The van der Waals surface area contributed by atoms with Gasteiger partial charge in [-0.3, -0.25) is 4.68 Å². The molecule has 1 aromatic heterocycles. The van der Waals surface area contributed by atoms with Gasteiger partial charge in [-0.1, -0.05) is 20.8 Å². The normalized spacial score (nSPS) is 14.6. The highest BCUT2D eigenvalue weighted by Crippen LogP contribution is 2.27. The number of hydrogen-bond acceptors (Lipinski definition) is 3. The summed E-state index contributed by atoms with van der Waals surface area (Å²) in [6.45, 7) is 9.43. The van der Waals surface area contributed by atoms with Gasteiger partial charge < -0.3 is 10.5 Å². The number of rotatable bonds is 8. The lowest BCUT2D eigenvalue weighted by atomic mass is 10.00. The summed E-state index contributed by atoms with van der Waals surface area (Å²) in [7, 11) is 1.74. The van der Waals surface area contributed by atoms with Crippen molar-refractivity contribution < 1.29 is 4.74 Å². The number of aromatic nitrogens is 2. The zero-order valence-electron chi connectivity index (χ0n) is 13.1. The van der Waals surface area contributed by atoms with Crippen LogP contribution in [0.3, 0.4) is 0 Å². The fraction of sp³-hybridized carbons (Fsp3) is 0.800. The van der Waals surface area contributed by atoms with Crippen molar-refractivity contribution in [1.29, 1.82) is 0 Å². The van der Waals surface area contributed by atoms with E-state index in [0.717, 1.165) is 38.0 Å². The SMILES string of the molecule is CCc1nn(C(C)CCOC)c(CC)c1C(N)CC. The van der Waals surface area contributed by atoms with E-state index in [4.69, 9.17) is 15.6 Å². The van der Waals surface area contributed by atoms with E-state index < -0.39 is 0 Å². The van der Waals surface area contributed by atoms with Crippen LogP contribution in [0.1, 0.15) is 69.6 Å². The van der Waals surface area contributed by atoms with Gasteiger partial charge in [0.2, 0.25) is 0 Å². The Morgan fingerprint density at radius 2 is 1.95 bits per heavy atom. The maximum atomic E-state index is 6.28. The number of ether oxygens (including phenoxy) is 1. The predicted molar refractivity (Wildman–Crippen MR) is 79.4 cm³/mol. The Balaban J connectivity index is 3.14. The van der Waals surface area contributed by atoms with Crippen LogP contribution < -0.4 is 5.73 Å². The first kappa shape index (κ1) is 16.2. The first-order chi connectivity index (χ1) is 9.10. The van der Waals surface area contributed by atoms with Crippen molar-refractivity contribution >= 4 is 0 Å². The molecule has 0 bridgehead atoms. The monoisotopic (exact) mass is 267 g/mol. The van der Waals surface area contributed by atoms with Crippen LogP contribution in [0.15, 0.2) is 0 Å². The van der Waals surface area contributed by atoms with Crippen molar-refractivity contribution in [1.82, 2.24) is 9.78 Å². The summed E-state index contributed by atoms with van der Waals surface area (Å²) in [6.07, 6.45) is 3.86. The van der Waals surface area contributed by atoms with Gasteiger partial charge in [0.1, 0.15) is 0 Å². The van der Waals surface area contributed by atoms with Crippen LogP contribution in [0.2, 0.25) is 0 Å². The Morgan fingerprint density at radius 1 is 1.26 bits per heavy atom. The Bertz CT molecular complexity index is 387. The van der Waals surface area contributed by atoms with E-state index in [1.807, 2.05) is 0 Å². The first-order valence-electron chi connectivity index (χ1n) is 7.45. The largest absolute Gasteiger partial charge is 0.385 e. The first-order valence-corrected chi connectivity index (χ1v) is 7.45. The van der Waals surface area contributed by atoms with Crippen molar-refractivity contribution in [3.8, 4) is 0 Å². The quantitative estimate of drug-likeness (QED) is 0.787. The zero-order chi connectivity index (χ0) is 14.4. The number of nitrogens with zero attached hydrogens (tertiary/aromatic N) is 2. The van der Waals surface area contributed by atoms with E-state index in [0.29, 0.717) is 6.04 Å². The number of hydrogen-bond donors (Lipinski definition) is 1. The van der Waals surface area contributed by atoms with Crippen LogP contribution in [0.4, 0.5) is 0 Å². The molecule has 1 heterocycles. The van der Waals surface area contributed by atoms with Gasteiger partial charge >= 0.3 is 0 Å². The van der Waals surface area contributed by atoms with Gasteiger partial charge in [0, 0.05) is 31.0 Å². The van der Waals surface area contributed by atoms with Crippen LogP contribution in [0.5, 0.6) is 0 Å². The molecule has 0 fully saturated rings. The third-order valence-electron chi connectivity index (χ3n) is 3.76. The highest BCUT2D eigenvalue weighted by Gasteiger charge is 2.22. The Hall–Kier alpha value is -0.870. The maximum absolute atomic E-state index is 6.28. The van der Waals surface area contributed by atoms with Gasteiger partial charge in [0.25, 0.3) is 0 Å². The number of nitrogens with two attached hydrogens (primary N) is 1. The van der Waals surface area contributed by atoms with Crippen molar-refractivity contribution in [2.75, 3.05) is 13.7 Å². The minimum Gasteiger partial charge on any atom is -0.385 e. The molecule has 4 heteroatoms. The predicted octanol–water partition coefficient (Wildman–Crippen LogP) is 3.02. The molecular weight excluding hydrogens is 238 g/mol. The van der Waals surface area contributed by atoms with Crippen LogP contribution in [-0.2, 0) is 17.6 Å². The molecule has 0 radical (unpaired) electrons. The van der Waals surface area contributed by atoms with Crippen LogP contribution in [0.25, 0.3) is 0 Å². The summed E-state index contributed by atoms with van der Waals surface area (Å²) in [4.78, 5) is 0. The number of aryl methyl sites for hydroxylation is 1. The van der Waals surface area contributed by atoms with E-state index in [2.05, 4.69) is 32.4 Å². The lowest BCUT2D eigenvalue weighted by Gasteiger charge is -2.17. The summed E-state index contributed by atoms with van der Waals surface area (Å²) in [5.74, 6) is 0. The lowest BCUT2D eigenvalue weighted by molar-refractivity contribution is 0.178. The fourth-order valence-corrected chi connectivity index (χ4v) is 2.56. The molecule has 2 N–H and O–H groups in total. The minimum absolute atomic E-state index is 0.105. The summed E-state index contributed by atoms with van der Waals surface area (Å²) < 4.78 is 7.34. The lowest BCUT2D eigenvalue weighted by Crippen LogP contribution is -2.15. The summed E-state index contributed by atoms with van der Waals surface area (Å²) in [5, 5.41) is 4.80. The van der Waals surface area contributed by atoms with E-state index in [1.165, 1.54) is 11.3 Å². The van der Waals surface area contributed by atoms with E-state index in [1.54, 1.807) is 7.11 Å². The van der Waals surface area contributed by atoms with Gasteiger partial charge in [0.15, 0.2) is 0 Å². The topological polar surface area (TPSA) is 53.1 Å². The minimum atomic E-state index is 0.105. The third kappa shape index (κ3) is 3.57. The Labute approximate surface area is 117 Å². The van der Waals surface area contributed by atoms with E-state index in [9.17, 15) is 0 Å². The molecule has 1 rings (SSSR count).